The van der Waals surface area contributed by atoms with Crippen molar-refractivity contribution in [3.05, 3.63) is 39.6 Å². The van der Waals surface area contributed by atoms with Crippen LogP contribution in [0.15, 0.2) is 17.6 Å². The number of aromatic nitrogens is 2. The zero-order valence-corrected chi connectivity index (χ0v) is 13.7. The molecular formula is C16H22N4S. The van der Waals surface area contributed by atoms with Crippen LogP contribution in [-0.2, 0) is 19.5 Å². The summed E-state index contributed by atoms with van der Waals surface area (Å²) in [5, 5.41) is 5.42. The van der Waals surface area contributed by atoms with E-state index in [2.05, 4.69) is 40.5 Å². The summed E-state index contributed by atoms with van der Waals surface area (Å²) in [7, 11) is 1.97. The average Bonchev–Trinajstić information content (AvgIpc) is 2.94. The van der Waals surface area contributed by atoms with Crippen LogP contribution in [0.2, 0.25) is 0 Å². The second-order valence-corrected chi connectivity index (χ2v) is 6.79. The number of rotatable bonds is 4. The van der Waals surface area contributed by atoms with Crippen LogP contribution in [0.25, 0.3) is 0 Å². The fraction of sp³-hybridized carbons (Fsp3) is 0.500. The zero-order valence-electron chi connectivity index (χ0n) is 12.9. The molecule has 0 spiro atoms. The molecule has 0 bridgehead atoms. The number of anilines is 1. The van der Waals surface area contributed by atoms with E-state index < -0.39 is 0 Å². The molecule has 21 heavy (non-hydrogen) atoms. The van der Waals surface area contributed by atoms with Crippen LogP contribution in [0, 0.1) is 0 Å². The van der Waals surface area contributed by atoms with E-state index in [0.29, 0.717) is 5.92 Å². The minimum absolute atomic E-state index is 0.361. The van der Waals surface area contributed by atoms with E-state index in [4.69, 9.17) is 4.98 Å². The van der Waals surface area contributed by atoms with E-state index in [1.54, 1.807) is 0 Å². The van der Waals surface area contributed by atoms with E-state index in [1.807, 2.05) is 24.6 Å². The molecule has 0 atom stereocenters. The molecule has 1 N–H and O–H groups in total. The van der Waals surface area contributed by atoms with Crippen LogP contribution in [0.3, 0.4) is 0 Å². The van der Waals surface area contributed by atoms with Gasteiger partial charge in [-0.15, -0.1) is 11.3 Å². The predicted molar refractivity (Wildman–Crippen MR) is 88.0 cm³/mol. The number of hydrogen-bond donors (Lipinski definition) is 1. The lowest BCUT2D eigenvalue weighted by atomic mass is 10.1. The first-order valence-corrected chi connectivity index (χ1v) is 8.37. The first-order chi connectivity index (χ1) is 10.2. The molecule has 3 heterocycles. The first-order valence-electron chi connectivity index (χ1n) is 7.49. The Balaban J connectivity index is 1.91. The van der Waals surface area contributed by atoms with Crippen molar-refractivity contribution >= 4 is 17.0 Å². The molecule has 112 valence electrons. The van der Waals surface area contributed by atoms with Gasteiger partial charge in [0.1, 0.15) is 5.82 Å². The van der Waals surface area contributed by atoms with E-state index in [-0.39, 0.29) is 0 Å². The van der Waals surface area contributed by atoms with E-state index in [0.717, 1.165) is 37.6 Å². The van der Waals surface area contributed by atoms with Crippen molar-refractivity contribution in [3.63, 3.8) is 0 Å². The fourth-order valence-corrected chi connectivity index (χ4v) is 3.61. The minimum Gasteiger partial charge on any atom is -0.364 e. The summed E-state index contributed by atoms with van der Waals surface area (Å²) in [6, 6.07) is 2.24. The quantitative estimate of drug-likeness (QED) is 0.943. The summed E-state index contributed by atoms with van der Waals surface area (Å²) in [5.74, 6) is 1.29. The van der Waals surface area contributed by atoms with Crippen LogP contribution in [0.4, 0.5) is 5.69 Å². The SMILES string of the molecule is CNCc1nc(C(C)C)ncc1N1CCc2sccc2C1. The monoisotopic (exact) mass is 302 g/mol. The molecule has 0 aromatic carbocycles. The Kier molecular flexibility index (Phi) is 4.22. The largest absolute Gasteiger partial charge is 0.364 e. The summed E-state index contributed by atoms with van der Waals surface area (Å²) < 4.78 is 0. The minimum atomic E-state index is 0.361. The van der Waals surface area contributed by atoms with Crippen LogP contribution < -0.4 is 10.2 Å². The molecule has 1 aliphatic rings. The van der Waals surface area contributed by atoms with Crippen LogP contribution in [0.5, 0.6) is 0 Å². The maximum atomic E-state index is 4.77. The Hall–Kier alpha value is -1.46. The van der Waals surface area contributed by atoms with Gasteiger partial charge in [0.15, 0.2) is 0 Å². The Morgan fingerprint density at radius 1 is 1.43 bits per heavy atom. The highest BCUT2D eigenvalue weighted by Gasteiger charge is 2.21. The second kappa shape index (κ2) is 6.12. The molecule has 2 aromatic rings. The summed E-state index contributed by atoms with van der Waals surface area (Å²) in [5.41, 5.74) is 3.73. The van der Waals surface area contributed by atoms with Gasteiger partial charge in [0, 0.05) is 30.4 Å². The molecule has 4 nitrogen and oxygen atoms in total. The average molecular weight is 302 g/mol. The maximum Gasteiger partial charge on any atom is 0.131 e. The molecule has 0 unspecified atom stereocenters. The molecule has 0 fully saturated rings. The third-order valence-electron chi connectivity index (χ3n) is 3.87. The van der Waals surface area contributed by atoms with Crippen molar-refractivity contribution in [1.82, 2.24) is 15.3 Å². The fourth-order valence-electron chi connectivity index (χ4n) is 2.72. The summed E-state index contributed by atoms with van der Waals surface area (Å²) in [4.78, 5) is 13.3. The molecule has 1 aliphatic heterocycles. The van der Waals surface area contributed by atoms with E-state index in [1.165, 1.54) is 16.1 Å². The van der Waals surface area contributed by atoms with Crippen molar-refractivity contribution in [2.45, 2.75) is 39.3 Å². The number of fused-ring (bicyclic) bond motifs is 1. The number of thiophene rings is 1. The standard InChI is InChI=1S/C16H22N4S/c1-11(2)16-18-9-14(13(19-16)8-17-3)20-6-4-15-12(10-20)5-7-21-15/h5,7,9,11,17H,4,6,8,10H2,1-3H3. The summed E-state index contributed by atoms with van der Waals surface area (Å²) >= 11 is 1.87. The molecule has 0 radical (unpaired) electrons. The highest BCUT2D eigenvalue weighted by molar-refractivity contribution is 7.10. The Morgan fingerprint density at radius 3 is 3.05 bits per heavy atom. The summed E-state index contributed by atoms with van der Waals surface area (Å²) in [6.07, 6.45) is 3.13. The number of hydrogen-bond acceptors (Lipinski definition) is 5. The van der Waals surface area contributed by atoms with Gasteiger partial charge in [-0.1, -0.05) is 13.8 Å². The molecule has 0 saturated heterocycles. The maximum absolute atomic E-state index is 4.77. The van der Waals surface area contributed by atoms with Crippen LogP contribution in [-0.4, -0.2) is 23.6 Å². The Labute approximate surface area is 130 Å². The lowest BCUT2D eigenvalue weighted by molar-refractivity contribution is 0.693. The molecular weight excluding hydrogens is 280 g/mol. The third-order valence-corrected chi connectivity index (χ3v) is 4.90. The van der Waals surface area contributed by atoms with Crippen molar-refractivity contribution in [2.75, 3.05) is 18.5 Å². The highest BCUT2D eigenvalue weighted by atomic mass is 32.1. The number of nitrogens with one attached hydrogen (secondary N) is 1. The van der Waals surface area contributed by atoms with E-state index in [9.17, 15) is 0 Å². The van der Waals surface area contributed by atoms with Gasteiger partial charge in [-0.25, -0.2) is 9.97 Å². The normalized spacial score (nSPS) is 14.6. The van der Waals surface area contributed by atoms with Crippen LogP contribution in [0.1, 0.15) is 41.7 Å². The van der Waals surface area contributed by atoms with Crippen LogP contribution >= 0.6 is 11.3 Å². The zero-order chi connectivity index (χ0) is 14.8. The van der Waals surface area contributed by atoms with Gasteiger partial charge < -0.3 is 10.2 Å². The molecule has 2 aromatic heterocycles. The number of nitrogens with zero attached hydrogens (tertiary/aromatic N) is 3. The van der Waals surface area contributed by atoms with Gasteiger partial charge >= 0.3 is 0 Å². The van der Waals surface area contributed by atoms with Crippen molar-refractivity contribution in [3.8, 4) is 0 Å². The second-order valence-electron chi connectivity index (χ2n) is 5.79. The molecule has 3 rings (SSSR count). The lowest BCUT2D eigenvalue weighted by Crippen LogP contribution is -2.31. The predicted octanol–water partition coefficient (Wildman–Crippen LogP) is 2.94. The molecule has 5 heteroatoms. The third kappa shape index (κ3) is 2.94. The Bertz CT molecular complexity index is 620. The van der Waals surface area contributed by atoms with Gasteiger partial charge in [-0.2, -0.15) is 0 Å². The smallest absolute Gasteiger partial charge is 0.131 e. The van der Waals surface area contributed by atoms with Gasteiger partial charge in [-0.3, -0.25) is 0 Å². The van der Waals surface area contributed by atoms with Crippen molar-refractivity contribution < 1.29 is 0 Å². The van der Waals surface area contributed by atoms with E-state index >= 15 is 0 Å². The topological polar surface area (TPSA) is 41.1 Å². The van der Waals surface area contributed by atoms with Crippen molar-refractivity contribution in [1.29, 1.82) is 0 Å². The van der Waals surface area contributed by atoms with Gasteiger partial charge in [-0.05, 0) is 30.5 Å². The molecule has 0 aliphatic carbocycles. The summed E-state index contributed by atoms with van der Waals surface area (Å²) in [6.45, 7) is 7.08. The van der Waals surface area contributed by atoms with Gasteiger partial charge in [0.2, 0.25) is 0 Å². The Morgan fingerprint density at radius 2 is 2.29 bits per heavy atom. The molecule has 0 saturated carbocycles. The van der Waals surface area contributed by atoms with Gasteiger partial charge in [0.05, 0.1) is 17.6 Å². The highest BCUT2D eigenvalue weighted by Crippen LogP contribution is 2.29. The van der Waals surface area contributed by atoms with Gasteiger partial charge in [0.25, 0.3) is 0 Å². The first kappa shape index (κ1) is 14.5. The lowest BCUT2D eigenvalue weighted by Gasteiger charge is -2.30. The van der Waals surface area contributed by atoms with Crippen molar-refractivity contribution in [2.24, 2.45) is 0 Å². The molecule has 0 amide bonds.